The first-order valence-corrected chi connectivity index (χ1v) is 8.89. The Hall–Kier alpha value is -2.87. The Morgan fingerprint density at radius 3 is 2.67 bits per heavy atom. The molecule has 0 atom stereocenters. The van der Waals surface area contributed by atoms with Crippen LogP contribution in [-0.2, 0) is 11.8 Å². The number of carbonyl (C=O) groups is 1. The van der Waals surface area contributed by atoms with Gasteiger partial charge in [-0.05, 0) is 36.8 Å². The van der Waals surface area contributed by atoms with Crippen LogP contribution in [0.2, 0.25) is 0 Å². The zero-order valence-electron chi connectivity index (χ0n) is 15.1. The predicted molar refractivity (Wildman–Crippen MR) is 105 cm³/mol. The van der Waals surface area contributed by atoms with Crippen molar-refractivity contribution in [3.05, 3.63) is 46.4 Å². The first kappa shape index (κ1) is 18.9. The van der Waals surface area contributed by atoms with Crippen LogP contribution in [0.4, 0.5) is 5.69 Å². The number of nitrogens with zero attached hydrogens (tertiary/aromatic N) is 3. The highest BCUT2D eigenvalue weighted by Crippen LogP contribution is 2.40. The third kappa shape index (κ3) is 3.80. The van der Waals surface area contributed by atoms with Crippen molar-refractivity contribution in [3.8, 4) is 17.4 Å². The number of amides is 1. The monoisotopic (exact) mass is 431 g/mol. The van der Waals surface area contributed by atoms with Crippen molar-refractivity contribution in [1.29, 1.82) is 0 Å². The second kappa shape index (κ2) is 7.79. The van der Waals surface area contributed by atoms with Gasteiger partial charge in [0, 0.05) is 16.9 Å². The van der Waals surface area contributed by atoms with E-state index in [-0.39, 0.29) is 18.2 Å². The average molecular weight is 432 g/mol. The Bertz CT molecular complexity index is 1040. The summed E-state index contributed by atoms with van der Waals surface area (Å²) in [6.45, 7) is 1.64. The van der Waals surface area contributed by atoms with Crippen LogP contribution in [0.3, 0.4) is 0 Å². The lowest BCUT2D eigenvalue weighted by Gasteiger charge is -2.07. The molecule has 3 aromatic rings. The number of ether oxygens (including phenoxy) is 2. The van der Waals surface area contributed by atoms with E-state index >= 15 is 0 Å². The summed E-state index contributed by atoms with van der Waals surface area (Å²) in [6, 6.07) is 10.8. The van der Waals surface area contributed by atoms with Crippen LogP contribution in [0.5, 0.6) is 17.4 Å². The second-order valence-corrected chi connectivity index (χ2v) is 6.80. The molecule has 1 aromatic heterocycles. The molecule has 2 aromatic carbocycles. The van der Waals surface area contributed by atoms with Crippen LogP contribution >= 0.6 is 15.9 Å². The molecular formula is C19H18BrN3O4. The fraction of sp³-hybridized carbons (Fsp3) is 0.211. The van der Waals surface area contributed by atoms with E-state index in [1.807, 2.05) is 19.1 Å². The number of para-hydroxylation sites is 2. The second-order valence-electron chi connectivity index (χ2n) is 5.88. The van der Waals surface area contributed by atoms with Crippen molar-refractivity contribution >= 4 is 38.4 Å². The zero-order valence-corrected chi connectivity index (χ0v) is 16.6. The Balaban J connectivity index is 1.82. The largest absolute Gasteiger partial charge is 0.493 e. The molecule has 0 saturated carbocycles. The number of aromatic nitrogens is 1. The summed E-state index contributed by atoms with van der Waals surface area (Å²) in [6.07, 6.45) is 0. The fourth-order valence-electron chi connectivity index (χ4n) is 2.86. The van der Waals surface area contributed by atoms with Gasteiger partial charge in [-0.3, -0.25) is 4.79 Å². The number of hydrogen-bond acceptors (Lipinski definition) is 5. The summed E-state index contributed by atoms with van der Waals surface area (Å²) in [5.74, 6) is 0.322. The van der Waals surface area contributed by atoms with Crippen molar-refractivity contribution < 1.29 is 19.4 Å². The number of halogens is 1. The van der Waals surface area contributed by atoms with Gasteiger partial charge in [0.25, 0.3) is 0 Å². The van der Waals surface area contributed by atoms with Crippen LogP contribution in [0.15, 0.2) is 51.1 Å². The van der Waals surface area contributed by atoms with Crippen molar-refractivity contribution in [1.82, 2.24) is 4.57 Å². The summed E-state index contributed by atoms with van der Waals surface area (Å²) in [5.41, 5.74) is 2.02. The van der Waals surface area contributed by atoms with Crippen molar-refractivity contribution in [2.75, 3.05) is 13.7 Å². The van der Waals surface area contributed by atoms with Gasteiger partial charge >= 0.3 is 5.91 Å². The molecule has 1 amide bonds. The number of aromatic hydroxyl groups is 1. The summed E-state index contributed by atoms with van der Waals surface area (Å²) in [7, 11) is 3.25. The van der Waals surface area contributed by atoms with Crippen molar-refractivity contribution in [2.24, 2.45) is 17.3 Å². The number of hydrogen-bond donors (Lipinski definition) is 1. The van der Waals surface area contributed by atoms with Gasteiger partial charge in [-0.2, -0.15) is 0 Å². The molecule has 140 valence electrons. The molecule has 3 rings (SSSR count). The van der Waals surface area contributed by atoms with Crippen LogP contribution in [-0.4, -0.2) is 29.3 Å². The Morgan fingerprint density at radius 1 is 1.26 bits per heavy atom. The lowest BCUT2D eigenvalue weighted by atomic mass is 10.1. The molecule has 8 heteroatoms. The van der Waals surface area contributed by atoms with Gasteiger partial charge in [-0.25, -0.2) is 0 Å². The number of rotatable bonds is 5. The fourth-order valence-corrected chi connectivity index (χ4v) is 3.43. The standard InChI is InChI=1S/C19H18BrN3O4/c1-11-8-12(20)9-13-17(19(25)23(2)18(11)13)22-21-16(24)10-27-15-7-5-4-6-14(15)26-3/h4-9,25H,10H2,1-3H3. The van der Waals surface area contributed by atoms with Gasteiger partial charge < -0.3 is 19.1 Å². The zero-order chi connectivity index (χ0) is 19.6. The number of fused-ring (bicyclic) bond motifs is 1. The molecule has 27 heavy (non-hydrogen) atoms. The van der Waals surface area contributed by atoms with Gasteiger partial charge in [0.15, 0.2) is 23.8 Å². The minimum absolute atomic E-state index is 0.0617. The maximum Gasteiger partial charge on any atom is 0.302 e. The first-order chi connectivity index (χ1) is 12.9. The van der Waals surface area contributed by atoms with E-state index in [0.717, 1.165) is 15.6 Å². The van der Waals surface area contributed by atoms with E-state index in [4.69, 9.17) is 9.47 Å². The minimum Gasteiger partial charge on any atom is -0.493 e. The van der Waals surface area contributed by atoms with Crippen LogP contribution in [0.25, 0.3) is 10.9 Å². The normalized spacial score (nSPS) is 11.3. The number of methoxy groups -OCH3 is 1. The molecule has 0 bridgehead atoms. The summed E-state index contributed by atoms with van der Waals surface area (Å²) in [4.78, 5) is 12.1. The predicted octanol–water partition coefficient (Wildman–Crippen LogP) is 4.65. The Kier molecular flexibility index (Phi) is 5.46. The highest BCUT2D eigenvalue weighted by Gasteiger charge is 2.17. The quantitative estimate of drug-likeness (QED) is 0.595. The smallest absolute Gasteiger partial charge is 0.302 e. The molecule has 1 heterocycles. The maximum atomic E-state index is 12.1. The number of benzene rings is 2. The Morgan fingerprint density at radius 2 is 1.96 bits per heavy atom. The third-order valence-electron chi connectivity index (χ3n) is 4.07. The molecular weight excluding hydrogens is 414 g/mol. The number of carbonyl (C=O) groups excluding carboxylic acids is 1. The molecule has 0 spiro atoms. The average Bonchev–Trinajstić information content (AvgIpc) is 2.88. The lowest BCUT2D eigenvalue weighted by Crippen LogP contribution is -2.08. The van der Waals surface area contributed by atoms with E-state index in [1.165, 1.54) is 7.11 Å². The van der Waals surface area contributed by atoms with Crippen molar-refractivity contribution in [2.45, 2.75) is 6.92 Å². The molecule has 0 aliphatic carbocycles. The summed E-state index contributed by atoms with van der Waals surface area (Å²) in [5, 5.41) is 18.7. The van der Waals surface area contributed by atoms with E-state index in [0.29, 0.717) is 16.9 Å². The molecule has 1 N–H and O–H groups in total. The van der Waals surface area contributed by atoms with Gasteiger partial charge in [0.2, 0.25) is 5.88 Å². The van der Waals surface area contributed by atoms with Crippen LogP contribution in [0, 0.1) is 6.92 Å². The van der Waals surface area contributed by atoms with Gasteiger partial charge in [-0.1, -0.05) is 28.1 Å². The summed E-state index contributed by atoms with van der Waals surface area (Å²) < 4.78 is 13.1. The topological polar surface area (TPSA) is 85.4 Å². The molecule has 0 fully saturated rings. The molecule has 0 aliphatic rings. The molecule has 0 radical (unpaired) electrons. The van der Waals surface area contributed by atoms with E-state index in [1.54, 1.807) is 35.9 Å². The van der Waals surface area contributed by atoms with Crippen LogP contribution < -0.4 is 9.47 Å². The third-order valence-corrected chi connectivity index (χ3v) is 4.52. The number of aryl methyl sites for hydroxylation is 2. The first-order valence-electron chi connectivity index (χ1n) is 8.10. The van der Waals surface area contributed by atoms with Gasteiger partial charge in [-0.15, -0.1) is 10.2 Å². The van der Waals surface area contributed by atoms with E-state index < -0.39 is 5.91 Å². The summed E-state index contributed by atoms with van der Waals surface area (Å²) >= 11 is 3.43. The maximum absolute atomic E-state index is 12.1. The highest BCUT2D eigenvalue weighted by molar-refractivity contribution is 9.10. The van der Waals surface area contributed by atoms with E-state index in [9.17, 15) is 9.90 Å². The SMILES string of the molecule is COc1ccccc1OCC(=O)N=Nc1c(O)n(C)c2c(C)cc(Br)cc12. The Labute approximate surface area is 164 Å². The number of azo groups is 1. The van der Waals surface area contributed by atoms with Crippen LogP contribution in [0.1, 0.15) is 5.56 Å². The molecule has 0 aliphatic heterocycles. The van der Waals surface area contributed by atoms with Crippen molar-refractivity contribution in [3.63, 3.8) is 0 Å². The molecule has 0 unspecified atom stereocenters. The minimum atomic E-state index is -0.580. The lowest BCUT2D eigenvalue weighted by molar-refractivity contribution is -0.120. The molecule has 0 saturated heterocycles. The molecule has 7 nitrogen and oxygen atoms in total. The van der Waals surface area contributed by atoms with E-state index in [2.05, 4.69) is 26.2 Å². The van der Waals surface area contributed by atoms with Gasteiger partial charge in [0.05, 0.1) is 12.6 Å². The highest BCUT2D eigenvalue weighted by atomic mass is 79.9. The van der Waals surface area contributed by atoms with Gasteiger partial charge in [0.1, 0.15) is 0 Å².